The van der Waals surface area contributed by atoms with Gasteiger partial charge in [-0.2, -0.15) is 0 Å². The number of carbonyl (C=O) groups excluding carboxylic acids is 1. The van der Waals surface area contributed by atoms with E-state index in [1.165, 1.54) is 0 Å². The summed E-state index contributed by atoms with van der Waals surface area (Å²) in [6.45, 7) is -0.367. The summed E-state index contributed by atoms with van der Waals surface area (Å²) in [5.41, 5.74) is 3.48. The van der Waals surface area contributed by atoms with Crippen molar-refractivity contribution in [1.82, 2.24) is 0 Å². The molecule has 0 unspecified atom stereocenters. The molecular formula is C18H14O4. The van der Waals surface area contributed by atoms with E-state index in [2.05, 4.69) is 0 Å². The van der Waals surface area contributed by atoms with Gasteiger partial charge in [0.25, 0.3) is 0 Å². The Kier molecular flexibility index (Phi) is 3.74. The standard InChI is InChI=1S/C18H14O4/c19-17(20)11-22-15-7-5-12(6-8-15)9-14-10-13-3-1-2-4-16(13)18(14)21/h1-9H,10-11H2,(H,19,20). The van der Waals surface area contributed by atoms with Crippen LogP contribution in [0.2, 0.25) is 0 Å². The molecule has 1 aliphatic rings. The van der Waals surface area contributed by atoms with Crippen molar-refractivity contribution in [1.29, 1.82) is 0 Å². The molecule has 1 N–H and O–H groups in total. The van der Waals surface area contributed by atoms with E-state index < -0.39 is 5.97 Å². The number of allylic oxidation sites excluding steroid dienone is 1. The molecule has 0 atom stereocenters. The number of benzene rings is 2. The molecule has 3 rings (SSSR count). The first kappa shape index (κ1) is 14.1. The van der Waals surface area contributed by atoms with Crippen LogP contribution in [-0.4, -0.2) is 23.5 Å². The molecule has 4 heteroatoms. The van der Waals surface area contributed by atoms with Gasteiger partial charge in [-0.15, -0.1) is 0 Å². The maximum atomic E-state index is 12.3. The first-order chi connectivity index (χ1) is 10.6. The molecule has 0 fully saturated rings. The summed E-state index contributed by atoms with van der Waals surface area (Å²) in [5, 5.41) is 8.56. The van der Waals surface area contributed by atoms with Crippen molar-refractivity contribution in [2.75, 3.05) is 6.61 Å². The van der Waals surface area contributed by atoms with Crippen LogP contribution in [0.1, 0.15) is 21.5 Å². The Bertz CT molecular complexity index is 757. The van der Waals surface area contributed by atoms with Crippen LogP contribution in [-0.2, 0) is 11.2 Å². The number of aliphatic carboxylic acids is 1. The van der Waals surface area contributed by atoms with Crippen LogP contribution in [0, 0.1) is 0 Å². The van der Waals surface area contributed by atoms with Gasteiger partial charge in [0.1, 0.15) is 5.75 Å². The number of hydrogen-bond acceptors (Lipinski definition) is 3. The van der Waals surface area contributed by atoms with Crippen LogP contribution < -0.4 is 4.74 Å². The molecule has 0 spiro atoms. The minimum atomic E-state index is -1.01. The highest BCUT2D eigenvalue weighted by atomic mass is 16.5. The molecule has 22 heavy (non-hydrogen) atoms. The molecule has 0 amide bonds. The number of Topliss-reactive ketones (excluding diaryl/α,β-unsaturated/α-hetero) is 1. The minimum Gasteiger partial charge on any atom is -0.482 e. The van der Waals surface area contributed by atoms with Crippen molar-refractivity contribution in [3.8, 4) is 5.75 Å². The quantitative estimate of drug-likeness (QED) is 0.881. The van der Waals surface area contributed by atoms with E-state index in [1.54, 1.807) is 24.3 Å². The summed E-state index contributed by atoms with van der Waals surface area (Å²) in [4.78, 5) is 22.7. The third-order valence-corrected chi connectivity index (χ3v) is 3.52. The zero-order valence-corrected chi connectivity index (χ0v) is 11.8. The molecule has 0 saturated heterocycles. The monoisotopic (exact) mass is 294 g/mol. The van der Waals surface area contributed by atoms with Crippen molar-refractivity contribution in [3.05, 3.63) is 70.8 Å². The third-order valence-electron chi connectivity index (χ3n) is 3.52. The number of carbonyl (C=O) groups is 2. The van der Waals surface area contributed by atoms with Gasteiger partial charge in [0.05, 0.1) is 0 Å². The van der Waals surface area contributed by atoms with Gasteiger partial charge in [0.2, 0.25) is 0 Å². The number of rotatable bonds is 4. The summed E-state index contributed by atoms with van der Waals surface area (Å²) in [6.07, 6.45) is 2.51. The van der Waals surface area contributed by atoms with Crippen LogP contribution in [0.25, 0.3) is 6.08 Å². The largest absolute Gasteiger partial charge is 0.482 e. The van der Waals surface area contributed by atoms with Gasteiger partial charge >= 0.3 is 5.97 Å². The topological polar surface area (TPSA) is 63.6 Å². The van der Waals surface area contributed by atoms with Gasteiger partial charge in [-0.05, 0) is 29.3 Å². The van der Waals surface area contributed by atoms with E-state index in [4.69, 9.17) is 9.84 Å². The summed E-state index contributed by atoms with van der Waals surface area (Å²) in [5.74, 6) is -0.451. The summed E-state index contributed by atoms with van der Waals surface area (Å²) in [6, 6.07) is 14.6. The lowest BCUT2D eigenvalue weighted by molar-refractivity contribution is -0.139. The maximum Gasteiger partial charge on any atom is 0.341 e. The van der Waals surface area contributed by atoms with Gasteiger partial charge in [-0.1, -0.05) is 36.4 Å². The van der Waals surface area contributed by atoms with Crippen molar-refractivity contribution >= 4 is 17.8 Å². The average molecular weight is 294 g/mol. The number of carboxylic acids is 1. The van der Waals surface area contributed by atoms with Gasteiger partial charge in [-0.3, -0.25) is 4.79 Å². The van der Waals surface area contributed by atoms with Crippen molar-refractivity contribution in [2.45, 2.75) is 6.42 Å². The van der Waals surface area contributed by atoms with Crippen LogP contribution in [0.5, 0.6) is 5.75 Å². The molecule has 0 bridgehead atoms. The van der Waals surface area contributed by atoms with E-state index in [0.717, 1.165) is 22.3 Å². The molecule has 0 aliphatic heterocycles. The zero-order chi connectivity index (χ0) is 15.5. The fourth-order valence-corrected chi connectivity index (χ4v) is 2.48. The smallest absolute Gasteiger partial charge is 0.341 e. The molecular weight excluding hydrogens is 280 g/mol. The second kappa shape index (κ2) is 5.85. The molecule has 1 aliphatic carbocycles. The summed E-state index contributed by atoms with van der Waals surface area (Å²) < 4.78 is 5.08. The summed E-state index contributed by atoms with van der Waals surface area (Å²) in [7, 11) is 0. The number of fused-ring (bicyclic) bond motifs is 1. The van der Waals surface area contributed by atoms with E-state index in [1.807, 2.05) is 30.3 Å². The van der Waals surface area contributed by atoms with Gasteiger partial charge in [0.15, 0.2) is 12.4 Å². The lowest BCUT2D eigenvalue weighted by atomic mass is 10.1. The lowest BCUT2D eigenvalue weighted by Crippen LogP contribution is -2.09. The molecule has 0 radical (unpaired) electrons. The van der Waals surface area contributed by atoms with Crippen LogP contribution in [0.15, 0.2) is 54.1 Å². The molecule has 0 saturated carbocycles. The Balaban J connectivity index is 1.76. The number of hydrogen-bond donors (Lipinski definition) is 1. The molecule has 2 aromatic rings. The van der Waals surface area contributed by atoms with E-state index in [0.29, 0.717) is 12.2 Å². The van der Waals surface area contributed by atoms with Crippen molar-refractivity contribution in [2.24, 2.45) is 0 Å². The maximum absolute atomic E-state index is 12.3. The minimum absolute atomic E-state index is 0.0711. The second-order valence-electron chi connectivity index (χ2n) is 5.08. The normalized spacial score (nSPS) is 14.9. The van der Waals surface area contributed by atoms with E-state index >= 15 is 0 Å². The number of ether oxygens (including phenoxy) is 1. The third kappa shape index (κ3) is 2.91. The first-order valence-electron chi connectivity index (χ1n) is 6.91. The Morgan fingerprint density at radius 2 is 1.86 bits per heavy atom. The van der Waals surface area contributed by atoms with E-state index in [9.17, 15) is 9.59 Å². The predicted molar refractivity (Wildman–Crippen MR) is 82.0 cm³/mol. The molecule has 0 heterocycles. The zero-order valence-electron chi connectivity index (χ0n) is 11.8. The average Bonchev–Trinajstić information content (AvgIpc) is 2.83. The Hall–Kier alpha value is -2.88. The molecule has 2 aromatic carbocycles. The van der Waals surface area contributed by atoms with Gasteiger partial charge in [0, 0.05) is 17.6 Å². The predicted octanol–water partition coefficient (Wildman–Crippen LogP) is 2.97. The lowest BCUT2D eigenvalue weighted by Gasteiger charge is -2.03. The highest BCUT2D eigenvalue weighted by Crippen LogP contribution is 2.27. The molecule has 110 valence electrons. The Morgan fingerprint density at radius 3 is 2.55 bits per heavy atom. The fraction of sp³-hybridized carbons (Fsp3) is 0.111. The summed E-state index contributed by atoms with van der Waals surface area (Å²) >= 11 is 0. The van der Waals surface area contributed by atoms with Gasteiger partial charge in [-0.25, -0.2) is 4.79 Å². The van der Waals surface area contributed by atoms with E-state index in [-0.39, 0.29) is 12.4 Å². The van der Waals surface area contributed by atoms with Crippen LogP contribution in [0.4, 0.5) is 0 Å². The Labute approximate surface area is 127 Å². The SMILES string of the molecule is O=C(O)COc1ccc(C=C2Cc3ccccc3C2=O)cc1. The van der Waals surface area contributed by atoms with Gasteiger partial charge < -0.3 is 9.84 Å². The molecule has 0 aromatic heterocycles. The van der Waals surface area contributed by atoms with Crippen molar-refractivity contribution < 1.29 is 19.4 Å². The fourth-order valence-electron chi connectivity index (χ4n) is 2.48. The highest BCUT2D eigenvalue weighted by molar-refractivity contribution is 6.15. The van der Waals surface area contributed by atoms with Crippen LogP contribution >= 0.6 is 0 Å². The highest BCUT2D eigenvalue weighted by Gasteiger charge is 2.23. The number of ketones is 1. The second-order valence-corrected chi connectivity index (χ2v) is 5.08. The number of carboxylic acid groups (broad SMARTS) is 1. The van der Waals surface area contributed by atoms with Crippen molar-refractivity contribution in [3.63, 3.8) is 0 Å². The first-order valence-corrected chi connectivity index (χ1v) is 6.91. The molecule has 4 nitrogen and oxygen atoms in total. The Morgan fingerprint density at radius 1 is 1.14 bits per heavy atom. The van der Waals surface area contributed by atoms with Crippen LogP contribution in [0.3, 0.4) is 0 Å².